The molecule has 2 aliphatic carbocycles. The number of carbonyl (C=O) groups excluding carboxylic acids is 1. The first-order valence-electron chi connectivity index (χ1n) is 10.1. The molecule has 1 aromatic heterocycles. The highest BCUT2D eigenvalue weighted by Gasteiger charge is 2.24. The SMILES string of the molecule is O=C(CN1CCN(c2cc(NC3CC3)ncn2)CC1)NC1CCCCC1. The lowest BCUT2D eigenvalue weighted by molar-refractivity contribution is -0.123. The predicted octanol–water partition coefficient (Wildman–Crippen LogP) is 1.62. The minimum absolute atomic E-state index is 0.184. The zero-order chi connectivity index (χ0) is 17.8. The molecule has 26 heavy (non-hydrogen) atoms. The number of piperazine rings is 1. The van der Waals surface area contributed by atoms with E-state index >= 15 is 0 Å². The Balaban J connectivity index is 1.22. The maximum Gasteiger partial charge on any atom is 0.234 e. The summed E-state index contributed by atoms with van der Waals surface area (Å²) in [7, 11) is 0. The van der Waals surface area contributed by atoms with Crippen LogP contribution in [0.25, 0.3) is 0 Å². The van der Waals surface area contributed by atoms with Gasteiger partial charge in [-0.05, 0) is 25.7 Å². The highest BCUT2D eigenvalue weighted by Crippen LogP contribution is 2.25. The number of nitrogens with one attached hydrogen (secondary N) is 2. The third-order valence-electron chi connectivity index (χ3n) is 5.62. The Morgan fingerprint density at radius 3 is 2.50 bits per heavy atom. The quantitative estimate of drug-likeness (QED) is 0.805. The van der Waals surface area contributed by atoms with Crippen LogP contribution >= 0.6 is 0 Å². The molecule has 4 rings (SSSR count). The van der Waals surface area contributed by atoms with E-state index in [4.69, 9.17) is 0 Å². The summed E-state index contributed by atoms with van der Waals surface area (Å²) in [5.74, 6) is 2.09. The summed E-state index contributed by atoms with van der Waals surface area (Å²) in [5.41, 5.74) is 0. The first-order valence-corrected chi connectivity index (χ1v) is 10.1. The van der Waals surface area contributed by atoms with Gasteiger partial charge in [-0.15, -0.1) is 0 Å². The van der Waals surface area contributed by atoms with Crippen molar-refractivity contribution in [2.45, 2.75) is 57.0 Å². The maximum absolute atomic E-state index is 12.3. The van der Waals surface area contributed by atoms with Gasteiger partial charge in [-0.25, -0.2) is 9.97 Å². The molecule has 1 aliphatic heterocycles. The van der Waals surface area contributed by atoms with Crippen molar-refractivity contribution in [3.63, 3.8) is 0 Å². The topological polar surface area (TPSA) is 73.4 Å². The Kier molecular flexibility index (Phi) is 5.53. The monoisotopic (exact) mass is 358 g/mol. The van der Waals surface area contributed by atoms with Gasteiger partial charge in [0.25, 0.3) is 0 Å². The number of rotatable bonds is 6. The molecule has 1 aromatic rings. The Morgan fingerprint density at radius 1 is 1.00 bits per heavy atom. The molecule has 7 heteroatoms. The third-order valence-corrected chi connectivity index (χ3v) is 5.62. The molecule has 0 radical (unpaired) electrons. The Bertz CT molecular complexity index is 606. The number of hydrogen-bond acceptors (Lipinski definition) is 6. The van der Waals surface area contributed by atoms with Gasteiger partial charge in [0, 0.05) is 44.3 Å². The maximum atomic E-state index is 12.3. The van der Waals surface area contributed by atoms with Gasteiger partial charge in [-0.3, -0.25) is 9.69 Å². The molecule has 2 heterocycles. The van der Waals surface area contributed by atoms with Gasteiger partial charge < -0.3 is 15.5 Å². The van der Waals surface area contributed by atoms with E-state index in [1.54, 1.807) is 6.33 Å². The fraction of sp³-hybridized carbons (Fsp3) is 0.737. The van der Waals surface area contributed by atoms with Crippen LogP contribution in [-0.2, 0) is 4.79 Å². The molecular weight excluding hydrogens is 328 g/mol. The van der Waals surface area contributed by atoms with Crippen molar-refractivity contribution in [3.05, 3.63) is 12.4 Å². The molecular formula is C19H30N6O. The zero-order valence-corrected chi connectivity index (χ0v) is 15.5. The van der Waals surface area contributed by atoms with Gasteiger partial charge in [-0.1, -0.05) is 19.3 Å². The lowest BCUT2D eigenvalue weighted by Crippen LogP contribution is -2.50. The van der Waals surface area contributed by atoms with E-state index in [-0.39, 0.29) is 5.91 Å². The van der Waals surface area contributed by atoms with Crippen molar-refractivity contribution in [2.75, 3.05) is 42.9 Å². The van der Waals surface area contributed by atoms with Crippen LogP contribution in [-0.4, -0.2) is 65.6 Å². The smallest absolute Gasteiger partial charge is 0.234 e. The van der Waals surface area contributed by atoms with Crippen molar-refractivity contribution in [3.8, 4) is 0 Å². The molecule has 0 bridgehead atoms. The van der Waals surface area contributed by atoms with E-state index in [1.807, 2.05) is 6.07 Å². The number of nitrogens with zero attached hydrogens (tertiary/aromatic N) is 4. The lowest BCUT2D eigenvalue weighted by atomic mass is 9.95. The minimum atomic E-state index is 0.184. The van der Waals surface area contributed by atoms with Gasteiger partial charge in [-0.2, -0.15) is 0 Å². The van der Waals surface area contributed by atoms with E-state index < -0.39 is 0 Å². The summed E-state index contributed by atoms with van der Waals surface area (Å²) in [6.45, 7) is 4.11. The molecule has 1 saturated heterocycles. The fourth-order valence-electron chi connectivity index (χ4n) is 3.89. The molecule has 0 atom stereocenters. The Morgan fingerprint density at radius 2 is 1.77 bits per heavy atom. The highest BCUT2D eigenvalue weighted by molar-refractivity contribution is 5.78. The van der Waals surface area contributed by atoms with Gasteiger partial charge in [0.1, 0.15) is 18.0 Å². The van der Waals surface area contributed by atoms with Gasteiger partial charge in [0.05, 0.1) is 6.54 Å². The van der Waals surface area contributed by atoms with Crippen molar-refractivity contribution in [1.29, 1.82) is 0 Å². The van der Waals surface area contributed by atoms with Gasteiger partial charge in [0.2, 0.25) is 5.91 Å². The minimum Gasteiger partial charge on any atom is -0.367 e. The standard InChI is InChI=1S/C19H30N6O/c26-19(23-15-4-2-1-3-5-15)13-24-8-10-25(11-9-24)18-12-17(20-14-21-18)22-16-6-7-16/h12,14-16H,1-11,13H2,(H,23,26)(H,20,21,22). The van der Waals surface area contributed by atoms with Crippen LogP contribution in [0.15, 0.2) is 12.4 Å². The van der Waals surface area contributed by atoms with Crippen molar-refractivity contribution >= 4 is 17.5 Å². The fourth-order valence-corrected chi connectivity index (χ4v) is 3.89. The van der Waals surface area contributed by atoms with Crippen LogP contribution in [0.3, 0.4) is 0 Å². The molecule has 142 valence electrons. The molecule has 7 nitrogen and oxygen atoms in total. The molecule has 2 saturated carbocycles. The Hall–Kier alpha value is -1.89. The predicted molar refractivity (Wildman–Crippen MR) is 102 cm³/mol. The summed E-state index contributed by atoms with van der Waals surface area (Å²) in [6.07, 6.45) is 10.2. The molecule has 0 spiro atoms. The van der Waals surface area contributed by atoms with Crippen molar-refractivity contribution < 1.29 is 4.79 Å². The zero-order valence-electron chi connectivity index (χ0n) is 15.5. The third kappa shape index (κ3) is 4.84. The number of carbonyl (C=O) groups is 1. The second-order valence-electron chi connectivity index (χ2n) is 7.85. The van der Waals surface area contributed by atoms with E-state index in [2.05, 4.69) is 30.4 Å². The van der Waals surface area contributed by atoms with Crippen molar-refractivity contribution in [2.24, 2.45) is 0 Å². The normalized spacial score (nSPS) is 22.2. The average Bonchev–Trinajstić information content (AvgIpc) is 3.47. The molecule has 0 unspecified atom stereocenters. The molecule has 3 aliphatic rings. The second kappa shape index (κ2) is 8.20. The Labute approximate surface area is 155 Å². The van der Waals surface area contributed by atoms with E-state index in [0.29, 0.717) is 18.6 Å². The molecule has 1 amide bonds. The molecule has 0 aromatic carbocycles. The van der Waals surface area contributed by atoms with E-state index in [9.17, 15) is 4.79 Å². The van der Waals surface area contributed by atoms with Crippen LogP contribution in [0.4, 0.5) is 11.6 Å². The van der Waals surface area contributed by atoms with Crippen LogP contribution < -0.4 is 15.5 Å². The van der Waals surface area contributed by atoms with Gasteiger partial charge in [0.15, 0.2) is 0 Å². The van der Waals surface area contributed by atoms with Crippen LogP contribution in [0.1, 0.15) is 44.9 Å². The van der Waals surface area contributed by atoms with Crippen LogP contribution in [0.5, 0.6) is 0 Å². The number of anilines is 2. The first kappa shape index (κ1) is 17.5. The van der Waals surface area contributed by atoms with Crippen LogP contribution in [0, 0.1) is 0 Å². The van der Waals surface area contributed by atoms with Gasteiger partial charge >= 0.3 is 0 Å². The van der Waals surface area contributed by atoms with E-state index in [1.165, 1.54) is 32.1 Å². The summed E-state index contributed by atoms with van der Waals surface area (Å²) in [5, 5.41) is 6.65. The van der Waals surface area contributed by atoms with E-state index in [0.717, 1.165) is 50.7 Å². The first-order chi connectivity index (χ1) is 12.8. The largest absolute Gasteiger partial charge is 0.367 e. The number of amides is 1. The van der Waals surface area contributed by atoms with Crippen molar-refractivity contribution in [1.82, 2.24) is 20.2 Å². The average molecular weight is 358 g/mol. The second-order valence-corrected chi connectivity index (χ2v) is 7.85. The summed E-state index contributed by atoms with van der Waals surface area (Å²) in [6, 6.07) is 3.04. The molecule has 2 N–H and O–H groups in total. The van der Waals surface area contributed by atoms with Crippen LogP contribution in [0.2, 0.25) is 0 Å². The lowest BCUT2D eigenvalue weighted by Gasteiger charge is -2.35. The molecule has 3 fully saturated rings. The summed E-state index contributed by atoms with van der Waals surface area (Å²) >= 11 is 0. The summed E-state index contributed by atoms with van der Waals surface area (Å²) in [4.78, 5) is 25.6. The number of hydrogen-bond donors (Lipinski definition) is 2. The summed E-state index contributed by atoms with van der Waals surface area (Å²) < 4.78 is 0. The highest BCUT2D eigenvalue weighted by atomic mass is 16.2. The number of aromatic nitrogens is 2.